The molecule has 0 aliphatic rings. The molecule has 0 spiro atoms. The van der Waals surface area contributed by atoms with Crippen LogP contribution in [0.4, 0.5) is 0 Å². The van der Waals surface area contributed by atoms with Gasteiger partial charge in [-0.2, -0.15) is 0 Å². The fourth-order valence-corrected chi connectivity index (χ4v) is 5.93. The van der Waals surface area contributed by atoms with E-state index in [0.717, 1.165) is 33.4 Å². The van der Waals surface area contributed by atoms with Crippen LogP contribution in [0.2, 0.25) is 0 Å². The Morgan fingerprint density at radius 1 is 0.490 bits per heavy atom. The minimum Gasteiger partial charge on any atom is -0.468 e. The second kappa shape index (κ2) is 15.9. The summed E-state index contributed by atoms with van der Waals surface area (Å²) in [6, 6.07) is 44.9. The minimum atomic E-state index is -1.74. The third-order valence-corrected chi connectivity index (χ3v) is 8.62. The average molecular weight is 661 g/mol. The van der Waals surface area contributed by atoms with Crippen molar-refractivity contribution >= 4 is 33.5 Å². The Kier molecular flexibility index (Phi) is 10.6. The maximum Gasteiger partial charge on any atom is 0.325 e. The Morgan fingerprint density at radius 2 is 0.882 bits per heavy atom. The van der Waals surface area contributed by atoms with Crippen molar-refractivity contribution in [1.82, 2.24) is 0 Å². The molecule has 0 saturated heterocycles. The normalized spacial score (nSPS) is 10.2. The third kappa shape index (κ3) is 7.69. The molecule has 0 fully saturated rings. The quantitative estimate of drug-likeness (QED) is 0.102. The first-order valence-electron chi connectivity index (χ1n) is 16.3. The van der Waals surface area contributed by atoms with E-state index in [-0.39, 0.29) is 12.8 Å². The molecule has 6 rings (SSSR count). The Bertz CT molecular complexity index is 2310. The molecule has 0 saturated carbocycles. The predicted molar refractivity (Wildman–Crippen MR) is 204 cm³/mol. The zero-order chi connectivity index (χ0) is 35.5. The second-order valence-electron chi connectivity index (χ2n) is 11.7. The molecule has 0 unspecified atom stereocenters. The largest absolute Gasteiger partial charge is 0.468 e. The third-order valence-electron chi connectivity index (χ3n) is 8.62. The predicted octanol–water partition coefficient (Wildman–Crippen LogP) is 8.85. The number of methoxy groups -OCH3 is 2. The van der Waals surface area contributed by atoms with Gasteiger partial charge in [-0.1, -0.05) is 133 Å². The lowest BCUT2D eigenvalue weighted by molar-refractivity contribution is -0.168. The van der Waals surface area contributed by atoms with Crippen LogP contribution in [0.3, 0.4) is 0 Å². The van der Waals surface area contributed by atoms with Gasteiger partial charge in [-0.3, -0.25) is 9.59 Å². The van der Waals surface area contributed by atoms with E-state index in [0.29, 0.717) is 0 Å². The number of carbonyl (C=O) groups excluding carboxylic acids is 2. The fraction of sp³-hybridized carbons (Fsp3) is 0.106. The van der Waals surface area contributed by atoms with Crippen LogP contribution in [0.1, 0.15) is 24.0 Å². The van der Waals surface area contributed by atoms with Crippen LogP contribution in [0.5, 0.6) is 0 Å². The Labute approximate surface area is 298 Å². The minimum absolute atomic E-state index is 0.182. The number of hydrogen-bond acceptors (Lipinski definition) is 4. The van der Waals surface area contributed by atoms with Gasteiger partial charge < -0.3 is 9.47 Å². The Hall–Kier alpha value is -6.98. The number of benzene rings is 6. The molecule has 0 heterocycles. The molecule has 4 nitrogen and oxygen atoms in total. The summed E-state index contributed by atoms with van der Waals surface area (Å²) in [6.07, 6.45) is -0.364. The lowest BCUT2D eigenvalue weighted by Crippen LogP contribution is -2.40. The van der Waals surface area contributed by atoms with E-state index in [1.165, 1.54) is 35.8 Å². The summed E-state index contributed by atoms with van der Waals surface area (Å²) in [5.41, 5.74) is 4.30. The molecule has 0 aliphatic heterocycles. The maximum absolute atomic E-state index is 12.9. The molecule has 0 atom stereocenters. The first-order valence-corrected chi connectivity index (χ1v) is 16.3. The lowest BCUT2D eigenvalue weighted by atomic mass is 9.81. The molecule has 0 N–H and O–H groups in total. The highest BCUT2D eigenvalue weighted by Gasteiger charge is 2.47. The van der Waals surface area contributed by atoms with Crippen molar-refractivity contribution in [3.63, 3.8) is 0 Å². The smallest absolute Gasteiger partial charge is 0.325 e. The average Bonchev–Trinajstić information content (AvgIpc) is 3.19. The second-order valence-corrected chi connectivity index (χ2v) is 11.7. The van der Waals surface area contributed by atoms with Gasteiger partial charge in [-0.05, 0) is 91.7 Å². The first-order chi connectivity index (χ1) is 25.0. The van der Waals surface area contributed by atoms with Crippen LogP contribution in [0.15, 0.2) is 133 Å². The fourth-order valence-electron chi connectivity index (χ4n) is 5.93. The van der Waals surface area contributed by atoms with Crippen molar-refractivity contribution in [2.24, 2.45) is 5.41 Å². The van der Waals surface area contributed by atoms with E-state index in [1.54, 1.807) is 0 Å². The number of hydrogen-bond donors (Lipinski definition) is 0. The topological polar surface area (TPSA) is 52.6 Å². The van der Waals surface area contributed by atoms with Crippen molar-refractivity contribution in [2.75, 3.05) is 14.2 Å². The van der Waals surface area contributed by atoms with Gasteiger partial charge in [0.1, 0.15) is 0 Å². The van der Waals surface area contributed by atoms with E-state index in [1.807, 2.05) is 72.8 Å². The van der Waals surface area contributed by atoms with E-state index in [4.69, 9.17) is 9.47 Å². The van der Waals surface area contributed by atoms with Crippen LogP contribution in [0.25, 0.3) is 43.8 Å². The molecule has 0 aromatic heterocycles. The van der Waals surface area contributed by atoms with Crippen molar-refractivity contribution in [1.29, 1.82) is 0 Å². The van der Waals surface area contributed by atoms with Crippen molar-refractivity contribution in [3.05, 3.63) is 145 Å². The summed E-state index contributed by atoms with van der Waals surface area (Å²) in [5.74, 6) is 21.4. The molecular formula is C47H32O4. The lowest BCUT2D eigenvalue weighted by Gasteiger charge is -2.23. The summed E-state index contributed by atoms with van der Waals surface area (Å²) in [4.78, 5) is 25.9. The SMILES string of the molecule is COC(=O)C(CC#CC#Cc1ccc(-c2cccc3ccccc23)cc1)(CC#CC#Cc1ccc(-c2cccc3ccccc23)cc1)C(=O)OC. The highest BCUT2D eigenvalue weighted by Crippen LogP contribution is 2.31. The molecule has 0 amide bonds. The van der Waals surface area contributed by atoms with Gasteiger partial charge in [0.05, 0.1) is 14.2 Å². The van der Waals surface area contributed by atoms with E-state index >= 15 is 0 Å². The number of ether oxygens (including phenoxy) is 2. The molecule has 6 aromatic rings. The summed E-state index contributed by atoms with van der Waals surface area (Å²) in [6.45, 7) is 0. The van der Waals surface area contributed by atoms with Gasteiger partial charge >= 0.3 is 11.9 Å². The molecule has 0 radical (unpaired) electrons. The highest BCUT2D eigenvalue weighted by molar-refractivity contribution is 6.01. The molecule has 244 valence electrons. The monoisotopic (exact) mass is 660 g/mol. The zero-order valence-corrected chi connectivity index (χ0v) is 28.2. The number of rotatable bonds is 6. The summed E-state index contributed by atoms with van der Waals surface area (Å²) in [7, 11) is 2.43. The van der Waals surface area contributed by atoms with Crippen LogP contribution in [-0.4, -0.2) is 26.2 Å². The van der Waals surface area contributed by atoms with Gasteiger partial charge in [0.15, 0.2) is 5.41 Å². The number of esters is 2. The van der Waals surface area contributed by atoms with E-state index in [2.05, 4.69) is 108 Å². The Balaban J connectivity index is 1.14. The molecule has 6 aromatic carbocycles. The molecule has 51 heavy (non-hydrogen) atoms. The first kappa shape index (κ1) is 33.9. The van der Waals surface area contributed by atoms with Crippen LogP contribution in [0, 0.1) is 52.8 Å². The van der Waals surface area contributed by atoms with E-state index < -0.39 is 17.4 Å². The van der Waals surface area contributed by atoms with Crippen molar-refractivity contribution in [3.8, 4) is 69.6 Å². The molecule has 0 bridgehead atoms. The Morgan fingerprint density at radius 3 is 1.29 bits per heavy atom. The maximum atomic E-state index is 12.9. The molecule has 0 aliphatic carbocycles. The van der Waals surface area contributed by atoms with Crippen LogP contribution >= 0.6 is 0 Å². The van der Waals surface area contributed by atoms with Crippen LogP contribution in [-0.2, 0) is 19.1 Å². The van der Waals surface area contributed by atoms with Crippen LogP contribution < -0.4 is 0 Å². The van der Waals surface area contributed by atoms with Crippen molar-refractivity contribution in [2.45, 2.75) is 12.8 Å². The van der Waals surface area contributed by atoms with Gasteiger partial charge in [0.25, 0.3) is 0 Å². The summed E-state index contributed by atoms with van der Waals surface area (Å²) < 4.78 is 9.99. The zero-order valence-electron chi connectivity index (χ0n) is 28.2. The standard InChI is InChI=1S/C47H32O4/c1-50-45(48)47(46(49)51-2,33-11-3-5-15-35-25-29-39(30-26-35)43-23-13-19-37-17-7-9-21-41(37)43)34-12-4-6-16-36-27-31-40(32-28-36)44-24-14-20-38-18-8-10-22-42(38)44/h7-10,13-14,17-32H,33-34H2,1-2H3. The summed E-state index contributed by atoms with van der Waals surface area (Å²) >= 11 is 0. The molecule has 4 heteroatoms. The van der Waals surface area contributed by atoms with Gasteiger partial charge in [0.2, 0.25) is 0 Å². The highest BCUT2D eigenvalue weighted by atomic mass is 16.5. The van der Waals surface area contributed by atoms with Gasteiger partial charge in [0, 0.05) is 24.0 Å². The van der Waals surface area contributed by atoms with Gasteiger partial charge in [-0.25, -0.2) is 0 Å². The van der Waals surface area contributed by atoms with Crippen molar-refractivity contribution < 1.29 is 19.1 Å². The summed E-state index contributed by atoms with van der Waals surface area (Å²) in [5, 5.41) is 4.73. The number of fused-ring (bicyclic) bond motifs is 2. The van der Waals surface area contributed by atoms with Gasteiger partial charge in [-0.15, -0.1) is 0 Å². The van der Waals surface area contributed by atoms with E-state index in [9.17, 15) is 9.59 Å². The number of carbonyl (C=O) groups is 2. The molecular weight excluding hydrogens is 629 g/mol.